The summed E-state index contributed by atoms with van der Waals surface area (Å²) in [5.41, 5.74) is 1.48. The number of likely N-dealkylation sites (tertiary alicyclic amines) is 1. The van der Waals surface area contributed by atoms with E-state index in [2.05, 4.69) is 4.90 Å². The van der Waals surface area contributed by atoms with Crippen LogP contribution in [-0.4, -0.2) is 58.5 Å². The summed E-state index contributed by atoms with van der Waals surface area (Å²) in [4.78, 5) is 44.8. The number of aromatic carboxylic acids is 1. The number of hydrogen-bond donors (Lipinski definition) is 1. The summed E-state index contributed by atoms with van der Waals surface area (Å²) in [7, 11) is 1.66. The van der Waals surface area contributed by atoms with Crippen molar-refractivity contribution in [3.05, 3.63) is 85.5 Å². The van der Waals surface area contributed by atoms with Crippen LogP contribution in [0.3, 0.4) is 0 Å². The maximum atomic E-state index is 14.2. The number of anilines is 1. The highest BCUT2D eigenvalue weighted by Gasteiger charge is 2.64. The molecule has 36 heavy (non-hydrogen) atoms. The van der Waals surface area contributed by atoms with Gasteiger partial charge < -0.3 is 10.0 Å². The molecule has 0 aliphatic carbocycles. The number of carbonyl (C=O) groups is 3. The topological polar surface area (TPSA) is 81.2 Å². The average molecular weight is 544 g/mol. The number of thiophene rings is 1. The van der Waals surface area contributed by atoms with Crippen LogP contribution in [0.25, 0.3) is 0 Å². The zero-order valence-electron chi connectivity index (χ0n) is 19.6. The first kappa shape index (κ1) is 24.8. The van der Waals surface area contributed by atoms with Gasteiger partial charge in [0.05, 0.1) is 11.3 Å². The van der Waals surface area contributed by atoms with E-state index in [4.69, 9.17) is 23.2 Å². The first-order valence-corrected chi connectivity index (χ1v) is 12.9. The fourth-order valence-corrected chi connectivity index (χ4v) is 6.63. The minimum atomic E-state index is -1.14. The Hall–Kier alpha value is -2.91. The monoisotopic (exact) mass is 543 g/mol. The molecule has 10 heteroatoms. The maximum absolute atomic E-state index is 14.2. The molecule has 2 saturated heterocycles. The molecule has 2 aliphatic rings. The van der Waals surface area contributed by atoms with Crippen molar-refractivity contribution in [2.24, 2.45) is 0 Å². The van der Waals surface area contributed by atoms with Crippen LogP contribution in [0.1, 0.15) is 32.3 Å². The van der Waals surface area contributed by atoms with Crippen molar-refractivity contribution >= 4 is 58.1 Å². The number of rotatable bonds is 5. The van der Waals surface area contributed by atoms with E-state index in [1.165, 1.54) is 16.2 Å². The van der Waals surface area contributed by atoms with Crippen LogP contribution < -0.4 is 4.90 Å². The number of aryl methyl sites for hydroxylation is 1. The van der Waals surface area contributed by atoms with E-state index < -0.39 is 17.5 Å². The Morgan fingerprint density at radius 1 is 1.11 bits per heavy atom. The molecule has 1 spiro atoms. The maximum Gasteiger partial charge on any atom is 0.336 e. The molecule has 0 radical (unpaired) electrons. The van der Waals surface area contributed by atoms with Crippen molar-refractivity contribution in [1.82, 2.24) is 9.80 Å². The number of urea groups is 1. The van der Waals surface area contributed by atoms with Crippen molar-refractivity contribution in [3.8, 4) is 0 Å². The molecule has 3 aromatic rings. The van der Waals surface area contributed by atoms with Gasteiger partial charge in [-0.2, -0.15) is 0 Å². The predicted molar refractivity (Wildman–Crippen MR) is 140 cm³/mol. The summed E-state index contributed by atoms with van der Waals surface area (Å²) in [6.07, 6.45) is 0. The SMILES string of the molecule is Cc1ccc(C2CN(Cc3cc(C(=O)O)cs3)C[C@]23C(=O)N(c2cc(Cl)cc(Cl)c2)C(=O)N3C)cc1. The zero-order chi connectivity index (χ0) is 25.8. The molecule has 2 aliphatic heterocycles. The highest BCUT2D eigenvalue weighted by molar-refractivity contribution is 7.10. The first-order valence-electron chi connectivity index (χ1n) is 11.3. The van der Waals surface area contributed by atoms with Crippen LogP contribution in [0.5, 0.6) is 0 Å². The molecule has 0 saturated carbocycles. The lowest BCUT2D eigenvalue weighted by Crippen LogP contribution is -2.53. The fraction of sp³-hybridized carbons (Fsp3) is 0.269. The Labute approximate surface area is 222 Å². The van der Waals surface area contributed by atoms with Crippen molar-refractivity contribution < 1.29 is 19.5 Å². The number of nitrogens with zero attached hydrogens (tertiary/aromatic N) is 3. The van der Waals surface area contributed by atoms with E-state index in [0.29, 0.717) is 35.4 Å². The minimum absolute atomic E-state index is 0.243. The van der Waals surface area contributed by atoms with Gasteiger partial charge >= 0.3 is 12.0 Å². The summed E-state index contributed by atoms with van der Waals surface area (Å²) in [6.45, 7) is 3.30. The second-order valence-corrected chi connectivity index (χ2v) is 11.1. The lowest BCUT2D eigenvalue weighted by Gasteiger charge is -2.34. The molecule has 1 unspecified atom stereocenters. The van der Waals surface area contributed by atoms with E-state index in [1.807, 2.05) is 31.2 Å². The minimum Gasteiger partial charge on any atom is -0.478 e. The van der Waals surface area contributed by atoms with Gasteiger partial charge in [-0.3, -0.25) is 9.69 Å². The van der Waals surface area contributed by atoms with Gasteiger partial charge in [-0.15, -0.1) is 11.3 Å². The van der Waals surface area contributed by atoms with Crippen LogP contribution in [0.15, 0.2) is 53.9 Å². The largest absolute Gasteiger partial charge is 0.478 e. The lowest BCUT2D eigenvalue weighted by atomic mass is 9.80. The number of hydrogen-bond acceptors (Lipinski definition) is 5. The molecule has 3 amide bonds. The number of amides is 3. The third-order valence-electron chi connectivity index (χ3n) is 7.00. The van der Waals surface area contributed by atoms with E-state index in [1.54, 1.807) is 36.7 Å². The van der Waals surface area contributed by atoms with Gasteiger partial charge in [0.15, 0.2) is 0 Å². The number of carboxylic acids is 1. The second-order valence-electron chi connectivity index (χ2n) is 9.27. The molecule has 5 rings (SSSR count). The van der Waals surface area contributed by atoms with Crippen molar-refractivity contribution in [1.29, 1.82) is 0 Å². The number of imide groups is 1. The van der Waals surface area contributed by atoms with Crippen molar-refractivity contribution in [2.75, 3.05) is 25.0 Å². The number of carboxylic acid groups (broad SMARTS) is 1. The standard InChI is InChI=1S/C26H23Cl2N3O4S/c1-15-3-5-16(6-4-15)22-12-30(11-21-7-17(13-36-21)23(32)33)14-26(22)24(34)31(25(35)29(26)2)20-9-18(27)8-19(28)10-20/h3-10,13,22H,11-12,14H2,1-2H3,(H,32,33)/t22?,26-/m1/s1. The zero-order valence-corrected chi connectivity index (χ0v) is 21.9. The molecule has 186 valence electrons. The van der Waals surface area contributed by atoms with Gasteiger partial charge in [-0.05, 0) is 36.8 Å². The van der Waals surface area contributed by atoms with Gasteiger partial charge in [0.25, 0.3) is 5.91 Å². The van der Waals surface area contributed by atoms with Crippen LogP contribution in [0.4, 0.5) is 10.5 Å². The first-order chi connectivity index (χ1) is 17.1. The third-order valence-corrected chi connectivity index (χ3v) is 8.36. The molecule has 1 aromatic heterocycles. The van der Waals surface area contributed by atoms with E-state index in [9.17, 15) is 19.5 Å². The summed E-state index contributed by atoms with van der Waals surface area (Å²) in [5.74, 6) is -1.60. The molecule has 2 aromatic carbocycles. The fourth-order valence-electron chi connectivity index (χ4n) is 5.22. The summed E-state index contributed by atoms with van der Waals surface area (Å²) >= 11 is 13.8. The highest BCUT2D eigenvalue weighted by Crippen LogP contribution is 2.47. The van der Waals surface area contributed by atoms with Crippen molar-refractivity contribution in [2.45, 2.75) is 24.9 Å². The summed E-state index contributed by atoms with van der Waals surface area (Å²) in [5, 5.41) is 11.6. The Morgan fingerprint density at radius 2 is 1.78 bits per heavy atom. The van der Waals surface area contributed by atoms with Crippen LogP contribution >= 0.6 is 34.5 Å². The molecular weight excluding hydrogens is 521 g/mol. The van der Waals surface area contributed by atoms with Gasteiger partial charge in [-0.1, -0.05) is 53.0 Å². The van der Waals surface area contributed by atoms with E-state index in [-0.39, 0.29) is 17.4 Å². The van der Waals surface area contributed by atoms with Crippen LogP contribution in [0.2, 0.25) is 10.0 Å². The Morgan fingerprint density at radius 3 is 2.39 bits per heavy atom. The van der Waals surface area contributed by atoms with E-state index >= 15 is 0 Å². The quantitative estimate of drug-likeness (QED) is 0.430. The molecule has 0 bridgehead atoms. The molecule has 3 heterocycles. The smallest absolute Gasteiger partial charge is 0.336 e. The number of benzene rings is 2. The molecule has 1 N–H and O–H groups in total. The molecule has 2 atom stereocenters. The predicted octanol–water partition coefficient (Wildman–Crippen LogP) is 5.50. The summed E-state index contributed by atoms with van der Waals surface area (Å²) < 4.78 is 0. The Kier molecular flexibility index (Phi) is 6.32. The van der Waals surface area contributed by atoms with Crippen molar-refractivity contribution in [3.63, 3.8) is 0 Å². The van der Waals surface area contributed by atoms with E-state index in [0.717, 1.165) is 20.9 Å². The number of halogens is 2. The van der Waals surface area contributed by atoms with Gasteiger partial charge in [0.1, 0.15) is 5.54 Å². The number of likely N-dealkylation sites (N-methyl/N-ethyl adjacent to an activating group) is 1. The average Bonchev–Trinajstić information content (AvgIpc) is 3.48. The number of carbonyl (C=O) groups excluding carboxylic acids is 2. The Balaban J connectivity index is 1.56. The van der Waals surface area contributed by atoms with Gasteiger partial charge in [-0.25, -0.2) is 14.5 Å². The summed E-state index contributed by atoms with van der Waals surface area (Å²) in [6, 6.07) is 13.9. The molecule has 2 fully saturated rings. The second kappa shape index (κ2) is 9.19. The lowest BCUT2D eigenvalue weighted by molar-refractivity contribution is -0.124. The van der Waals surface area contributed by atoms with Gasteiger partial charge in [0, 0.05) is 52.9 Å². The molecule has 7 nitrogen and oxygen atoms in total. The van der Waals surface area contributed by atoms with Crippen LogP contribution in [-0.2, 0) is 11.3 Å². The third kappa shape index (κ3) is 4.08. The normalized spacial score (nSPS) is 22.3. The van der Waals surface area contributed by atoms with Crippen LogP contribution in [0, 0.1) is 6.92 Å². The molecular formula is C26H23Cl2N3O4S. The van der Waals surface area contributed by atoms with Gasteiger partial charge in [0.2, 0.25) is 0 Å². The highest BCUT2D eigenvalue weighted by atomic mass is 35.5. The Bertz CT molecular complexity index is 1360.